The molecular weight excluding hydrogens is 470 g/mol. The van der Waals surface area contributed by atoms with E-state index in [0.717, 1.165) is 55.5 Å². The highest BCUT2D eigenvalue weighted by atomic mass is 32.2. The molecule has 8 nitrogen and oxygen atoms in total. The number of morpholine rings is 1. The number of pyridine rings is 1. The van der Waals surface area contributed by atoms with Gasteiger partial charge < -0.3 is 15.4 Å². The van der Waals surface area contributed by atoms with Gasteiger partial charge in [0.05, 0.1) is 29.9 Å². The normalized spacial score (nSPS) is 18.6. The van der Waals surface area contributed by atoms with E-state index in [1.807, 2.05) is 29.5 Å². The van der Waals surface area contributed by atoms with Gasteiger partial charge in [-0.05, 0) is 30.7 Å². The number of benzene rings is 1. The van der Waals surface area contributed by atoms with Crippen LogP contribution in [-0.2, 0) is 21.3 Å². The SMILES string of the molecule is Cc1c(CN2CCN(S(C)(=O)=O)CC2)sc2c(N3CCOCC3)nc(-c3cccc(N)c3)cc12. The van der Waals surface area contributed by atoms with Gasteiger partial charge in [0.2, 0.25) is 10.0 Å². The fourth-order valence-electron chi connectivity index (χ4n) is 4.66. The third kappa shape index (κ3) is 4.78. The fraction of sp³-hybridized carbons (Fsp3) is 0.458. The van der Waals surface area contributed by atoms with Crippen molar-refractivity contribution in [3.63, 3.8) is 0 Å². The molecule has 2 N–H and O–H groups in total. The zero-order chi connectivity index (χ0) is 23.9. The van der Waals surface area contributed by atoms with Gasteiger partial charge in [-0.15, -0.1) is 11.3 Å². The minimum Gasteiger partial charge on any atom is -0.399 e. The Bertz CT molecular complexity index is 1290. The number of nitrogens with two attached hydrogens (primary N) is 1. The molecule has 34 heavy (non-hydrogen) atoms. The first-order valence-corrected chi connectivity index (χ1v) is 14.2. The topological polar surface area (TPSA) is 92.0 Å². The quantitative estimate of drug-likeness (QED) is 0.538. The van der Waals surface area contributed by atoms with Crippen LogP contribution in [0.3, 0.4) is 0 Å². The minimum absolute atomic E-state index is 0.545. The van der Waals surface area contributed by atoms with Crippen molar-refractivity contribution in [3.8, 4) is 11.3 Å². The maximum Gasteiger partial charge on any atom is 0.211 e. The van der Waals surface area contributed by atoms with E-state index in [0.29, 0.717) is 26.3 Å². The number of anilines is 2. The molecule has 0 aliphatic carbocycles. The molecule has 10 heteroatoms. The molecular formula is C24H31N5O3S2. The highest BCUT2D eigenvalue weighted by Crippen LogP contribution is 2.40. The lowest BCUT2D eigenvalue weighted by molar-refractivity contribution is 0.122. The molecule has 0 spiro atoms. The molecule has 1 aromatic carbocycles. The van der Waals surface area contributed by atoms with Gasteiger partial charge >= 0.3 is 0 Å². The molecule has 0 amide bonds. The number of aryl methyl sites for hydroxylation is 1. The summed E-state index contributed by atoms with van der Waals surface area (Å²) in [6.45, 7) is 8.62. The van der Waals surface area contributed by atoms with Crippen LogP contribution in [0.25, 0.3) is 21.3 Å². The van der Waals surface area contributed by atoms with Gasteiger partial charge in [-0.25, -0.2) is 13.4 Å². The van der Waals surface area contributed by atoms with E-state index in [9.17, 15) is 8.42 Å². The minimum atomic E-state index is -3.13. The van der Waals surface area contributed by atoms with Crippen molar-refractivity contribution in [2.45, 2.75) is 13.5 Å². The largest absolute Gasteiger partial charge is 0.399 e. The van der Waals surface area contributed by atoms with E-state index in [1.54, 1.807) is 4.31 Å². The summed E-state index contributed by atoms with van der Waals surface area (Å²) in [5, 5.41) is 1.23. The predicted molar refractivity (Wildman–Crippen MR) is 139 cm³/mol. The first-order valence-electron chi connectivity index (χ1n) is 11.6. The molecule has 2 aliphatic heterocycles. The second-order valence-electron chi connectivity index (χ2n) is 9.02. The van der Waals surface area contributed by atoms with Gasteiger partial charge in [0.15, 0.2) is 0 Å². The lowest BCUT2D eigenvalue weighted by atomic mass is 10.1. The molecule has 2 saturated heterocycles. The zero-order valence-corrected chi connectivity index (χ0v) is 21.3. The molecule has 2 aromatic heterocycles. The highest BCUT2D eigenvalue weighted by molar-refractivity contribution is 7.88. The average molecular weight is 502 g/mol. The molecule has 5 rings (SSSR count). The maximum atomic E-state index is 11.9. The molecule has 182 valence electrons. The molecule has 0 unspecified atom stereocenters. The molecule has 0 saturated carbocycles. The van der Waals surface area contributed by atoms with Gasteiger partial charge in [-0.3, -0.25) is 4.90 Å². The molecule has 0 bridgehead atoms. The highest BCUT2D eigenvalue weighted by Gasteiger charge is 2.26. The van der Waals surface area contributed by atoms with Crippen molar-refractivity contribution in [2.75, 3.05) is 69.4 Å². The van der Waals surface area contributed by atoms with Crippen LogP contribution in [0, 0.1) is 6.92 Å². The van der Waals surface area contributed by atoms with E-state index >= 15 is 0 Å². The van der Waals surface area contributed by atoms with Crippen LogP contribution in [0.15, 0.2) is 30.3 Å². The number of thiophene rings is 1. The Balaban J connectivity index is 1.50. The number of aromatic nitrogens is 1. The third-order valence-corrected chi connectivity index (χ3v) is 9.25. The molecule has 2 fully saturated rings. The Hall–Kier alpha value is -2.24. The Morgan fingerprint density at radius 2 is 1.82 bits per heavy atom. The molecule has 0 radical (unpaired) electrons. The molecule has 2 aliphatic rings. The predicted octanol–water partition coefficient (Wildman–Crippen LogP) is 2.77. The van der Waals surface area contributed by atoms with E-state index in [-0.39, 0.29) is 0 Å². The van der Waals surface area contributed by atoms with Crippen molar-refractivity contribution in [1.82, 2.24) is 14.2 Å². The third-order valence-electron chi connectivity index (χ3n) is 6.66. The van der Waals surface area contributed by atoms with Crippen molar-refractivity contribution >= 4 is 43.0 Å². The Labute approximate surface area is 205 Å². The summed E-state index contributed by atoms with van der Waals surface area (Å²) in [6, 6.07) is 10.1. The van der Waals surface area contributed by atoms with Crippen molar-refractivity contribution in [3.05, 3.63) is 40.8 Å². The molecule has 3 aromatic rings. The zero-order valence-electron chi connectivity index (χ0n) is 19.7. The summed E-state index contributed by atoms with van der Waals surface area (Å²) in [6.07, 6.45) is 1.29. The maximum absolute atomic E-state index is 11.9. The number of sulfonamides is 1. The Kier molecular flexibility index (Phi) is 6.51. The summed E-state index contributed by atoms with van der Waals surface area (Å²) < 4.78 is 32.1. The van der Waals surface area contributed by atoms with E-state index in [4.69, 9.17) is 15.5 Å². The van der Waals surface area contributed by atoms with Crippen molar-refractivity contribution in [2.24, 2.45) is 0 Å². The van der Waals surface area contributed by atoms with Crippen molar-refractivity contribution in [1.29, 1.82) is 0 Å². The second kappa shape index (κ2) is 9.43. The van der Waals surface area contributed by atoms with Crippen LogP contribution in [0.5, 0.6) is 0 Å². The summed E-state index contributed by atoms with van der Waals surface area (Å²) in [5.41, 5.74) is 10.0. The van der Waals surface area contributed by atoms with Gasteiger partial charge in [0.1, 0.15) is 5.82 Å². The summed E-state index contributed by atoms with van der Waals surface area (Å²) >= 11 is 1.81. The van der Waals surface area contributed by atoms with Crippen molar-refractivity contribution < 1.29 is 13.2 Å². The average Bonchev–Trinajstić information content (AvgIpc) is 3.14. The van der Waals surface area contributed by atoms with Gasteiger partial charge in [0.25, 0.3) is 0 Å². The van der Waals surface area contributed by atoms with Crippen LogP contribution in [0.4, 0.5) is 11.5 Å². The first kappa shape index (κ1) is 23.5. The lowest BCUT2D eigenvalue weighted by Crippen LogP contribution is -2.47. The van der Waals surface area contributed by atoms with Crippen LogP contribution in [-0.4, -0.2) is 81.3 Å². The standard InChI is InChI=1S/C24H31N5O3S2/c1-17-20-15-21(18-4-3-5-19(25)14-18)26-24(28-10-12-32-13-11-28)23(20)33-22(17)16-27-6-8-29(9-7-27)34(2,30)31/h3-5,14-15H,6-13,16,25H2,1-2H3. The monoisotopic (exact) mass is 501 g/mol. The summed E-state index contributed by atoms with van der Waals surface area (Å²) in [4.78, 5) is 11.1. The molecule has 4 heterocycles. The van der Waals surface area contributed by atoms with E-state index in [2.05, 4.69) is 28.9 Å². The van der Waals surface area contributed by atoms with E-state index in [1.165, 1.54) is 26.8 Å². The number of fused-ring (bicyclic) bond motifs is 1. The summed E-state index contributed by atoms with van der Waals surface area (Å²) in [5.74, 6) is 1.01. The second-order valence-corrected chi connectivity index (χ2v) is 12.1. The number of nitrogen functional groups attached to an aromatic ring is 1. The number of hydrogen-bond donors (Lipinski definition) is 1. The number of piperazine rings is 1. The summed E-state index contributed by atoms with van der Waals surface area (Å²) in [7, 11) is -3.13. The fourth-order valence-corrected chi connectivity index (χ4v) is 6.83. The van der Waals surface area contributed by atoms with Crippen LogP contribution in [0.1, 0.15) is 10.4 Å². The van der Waals surface area contributed by atoms with Crippen LogP contribution in [0.2, 0.25) is 0 Å². The number of rotatable bonds is 5. The number of ether oxygens (including phenoxy) is 1. The number of hydrogen-bond acceptors (Lipinski definition) is 8. The van der Waals surface area contributed by atoms with Crippen LogP contribution < -0.4 is 10.6 Å². The smallest absolute Gasteiger partial charge is 0.211 e. The molecule has 0 atom stereocenters. The lowest BCUT2D eigenvalue weighted by Gasteiger charge is -2.33. The van der Waals surface area contributed by atoms with E-state index < -0.39 is 10.0 Å². The Morgan fingerprint density at radius 3 is 2.50 bits per heavy atom. The number of nitrogens with zero attached hydrogens (tertiary/aromatic N) is 4. The first-order chi connectivity index (χ1) is 16.3. The Morgan fingerprint density at radius 1 is 1.09 bits per heavy atom. The van der Waals surface area contributed by atoms with Gasteiger partial charge in [-0.1, -0.05) is 12.1 Å². The van der Waals surface area contributed by atoms with Gasteiger partial charge in [-0.2, -0.15) is 4.31 Å². The van der Waals surface area contributed by atoms with Crippen LogP contribution >= 0.6 is 11.3 Å². The van der Waals surface area contributed by atoms with Gasteiger partial charge in [0, 0.05) is 67.3 Å².